The van der Waals surface area contributed by atoms with Crippen molar-refractivity contribution in [3.05, 3.63) is 82.9 Å². The zero-order chi connectivity index (χ0) is 25.8. The third-order valence-corrected chi connectivity index (χ3v) is 7.77. The highest BCUT2D eigenvalue weighted by Crippen LogP contribution is 2.35. The minimum absolute atomic E-state index is 0.0655. The maximum atomic E-state index is 13.7. The van der Waals surface area contributed by atoms with E-state index in [4.69, 9.17) is 9.47 Å². The average molecular weight is 497 g/mol. The Labute approximate surface area is 207 Å². The van der Waals surface area contributed by atoms with Gasteiger partial charge in [-0.15, -0.1) is 0 Å². The molecule has 0 saturated carbocycles. The van der Waals surface area contributed by atoms with E-state index in [0.29, 0.717) is 11.5 Å². The summed E-state index contributed by atoms with van der Waals surface area (Å²) in [4.78, 5) is 13.3. The van der Waals surface area contributed by atoms with Crippen LogP contribution in [0.25, 0.3) is 0 Å². The topological polar surface area (TPSA) is 84.9 Å². The zero-order valence-electron chi connectivity index (χ0n) is 21.0. The summed E-state index contributed by atoms with van der Waals surface area (Å²) < 4.78 is 39.2. The number of nitrogens with zero attached hydrogens (tertiary/aromatic N) is 1. The van der Waals surface area contributed by atoms with Crippen molar-refractivity contribution in [2.75, 3.05) is 25.1 Å². The number of carbonyl (C=O) groups is 1. The summed E-state index contributed by atoms with van der Waals surface area (Å²) in [6, 6.07) is 16.6. The Morgan fingerprint density at radius 2 is 1.57 bits per heavy atom. The lowest BCUT2D eigenvalue weighted by Crippen LogP contribution is -2.41. The van der Waals surface area contributed by atoms with E-state index < -0.39 is 22.5 Å². The number of methoxy groups -OCH3 is 2. The number of aryl methyl sites for hydroxylation is 3. The molecule has 3 aromatic carbocycles. The Kier molecular flexibility index (Phi) is 8.07. The predicted molar refractivity (Wildman–Crippen MR) is 138 cm³/mol. The minimum Gasteiger partial charge on any atom is -0.497 e. The summed E-state index contributed by atoms with van der Waals surface area (Å²) in [5.41, 5.74) is 4.55. The third-order valence-electron chi connectivity index (χ3n) is 6.00. The summed E-state index contributed by atoms with van der Waals surface area (Å²) in [5, 5.41) is 2.96. The standard InChI is InChI=1S/C27H32N2O5S/c1-18-14-20(3)24(15-19(18)2)21(4)28-27(30)17-29(35(31,32)23-10-8-7-9-11-23)25-16-22(33-5)12-13-26(25)34-6/h7-16,21H,17H2,1-6H3,(H,28,30)/t21-/m0/s1. The Bertz CT molecular complexity index is 1310. The molecule has 8 heteroatoms. The van der Waals surface area contributed by atoms with E-state index in [1.165, 1.54) is 31.9 Å². The third kappa shape index (κ3) is 5.77. The first-order valence-electron chi connectivity index (χ1n) is 11.3. The van der Waals surface area contributed by atoms with Gasteiger partial charge in [0.25, 0.3) is 10.0 Å². The molecule has 0 aliphatic heterocycles. The van der Waals surface area contributed by atoms with Crippen LogP contribution in [0, 0.1) is 20.8 Å². The van der Waals surface area contributed by atoms with E-state index in [9.17, 15) is 13.2 Å². The molecule has 0 saturated heterocycles. The van der Waals surface area contributed by atoms with Crippen molar-refractivity contribution in [1.82, 2.24) is 5.32 Å². The Hall–Kier alpha value is -3.52. The van der Waals surface area contributed by atoms with E-state index in [1.54, 1.807) is 36.4 Å². The molecule has 1 atom stereocenters. The number of hydrogen-bond donors (Lipinski definition) is 1. The largest absolute Gasteiger partial charge is 0.497 e. The first-order valence-corrected chi connectivity index (χ1v) is 12.7. The molecule has 3 aromatic rings. The fraction of sp³-hybridized carbons (Fsp3) is 0.296. The van der Waals surface area contributed by atoms with Crippen molar-refractivity contribution in [1.29, 1.82) is 0 Å². The van der Waals surface area contributed by atoms with Crippen LogP contribution in [0.2, 0.25) is 0 Å². The molecular formula is C27H32N2O5S. The van der Waals surface area contributed by atoms with Gasteiger partial charge in [-0.25, -0.2) is 8.42 Å². The highest BCUT2D eigenvalue weighted by molar-refractivity contribution is 7.92. The van der Waals surface area contributed by atoms with Crippen molar-refractivity contribution in [3.8, 4) is 11.5 Å². The lowest BCUT2D eigenvalue weighted by Gasteiger charge is -2.27. The van der Waals surface area contributed by atoms with Crippen molar-refractivity contribution < 1.29 is 22.7 Å². The van der Waals surface area contributed by atoms with Crippen molar-refractivity contribution in [3.63, 3.8) is 0 Å². The SMILES string of the molecule is COc1ccc(OC)c(N(CC(=O)N[C@@H](C)c2cc(C)c(C)cc2C)S(=O)(=O)c2ccccc2)c1. The number of benzene rings is 3. The van der Waals surface area contributed by atoms with Crippen LogP contribution >= 0.6 is 0 Å². The second-order valence-electron chi connectivity index (χ2n) is 8.44. The van der Waals surface area contributed by atoms with Crippen LogP contribution in [0.4, 0.5) is 5.69 Å². The molecule has 0 radical (unpaired) electrons. The number of amides is 1. The van der Waals surface area contributed by atoms with Gasteiger partial charge in [0.05, 0.1) is 30.8 Å². The van der Waals surface area contributed by atoms with Gasteiger partial charge in [-0.3, -0.25) is 9.10 Å². The van der Waals surface area contributed by atoms with E-state index in [-0.39, 0.29) is 16.6 Å². The first kappa shape index (κ1) is 26.1. The summed E-state index contributed by atoms with van der Waals surface area (Å²) in [5.74, 6) is 0.296. The second kappa shape index (κ2) is 10.8. The molecule has 0 aliphatic rings. The number of ether oxygens (including phenoxy) is 2. The van der Waals surface area contributed by atoms with Crippen LogP contribution < -0.4 is 19.1 Å². The molecule has 35 heavy (non-hydrogen) atoms. The zero-order valence-corrected chi connectivity index (χ0v) is 21.8. The summed E-state index contributed by atoms with van der Waals surface area (Å²) >= 11 is 0. The van der Waals surface area contributed by atoms with Gasteiger partial charge >= 0.3 is 0 Å². The average Bonchev–Trinajstić information content (AvgIpc) is 2.84. The first-order chi connectivity index (χ1) is 16.6. The number of rotatable bonds is 9. The summed E-state index contributed by atoms with van der Waals surface area (Å²) in [6.07, 6.45) is 0. The van der Waals surface area contributed by atoms with Gasteiger partial charge in [0, 0.05) is 6.07 Å². The van der Waals surface area contributed by atoms with Crippen molar-refractivity contribution in [2.45, 2.75) is 38.6 Å². The molecule has 0 heterocycles. The fourth-order valence-electron chi connectivity index (χ4n) is 3.96. The lowest BCUT2D eigenvalue weighted by atomic mass is 9.96. The lowest BCUT2D eigenvalue weighted by molar-refractivity contribution is -0.120. The van der Waals surface area contributed by atoms with Gasteiger partial charge in [0.2, 0.25) is 5.91 Å². The predicted octanol–water partition coefficient (Wildman–Crippen LogP) is 4.70. The van der Waals surface area contributed by atoms with Crippen LogP contribution in [0.3, 0.4) is 0 Å². The molecule has 1 amide bonds. The Morgan fingerprint density at radius 3 is 2.20 bits per heavy atom. The fourth-order valence-corrected chi connectivity index (χ4v) is 5.40. The van der Waals surface area contributed by atoms with Gasteiger partial charge in [0.15, 0.2) is 0 Å². The van der Waals surface area contributed by atoms with E-state index >= 15 is 0 Å². The molecule has 0 unspecified atom stereocenters. The van der Waals surface area contributed by atoms with Crippen LogP contribution in [0.5, 0.6) is 11.5 Å². The van der Waals surface area contributed by atoms with Gasteiger partial charge in [0.1, 0.15) is 18.0 Å². The van der Waals surface area contributed by atoms with Gasteiger partial charge in [-0.2, -0.15) is 0 Å². The van der Waals surface area contributed by atoms with Gasteiger partial charge in [-0.05, 0) is 74.2 Å². The monoisotopic (exact) mass is 496 g/mol. The van der Waals surface area contributed by atoms with Gasteiger partial charge < -0.3 is 14.8 Å². The second-order valence-corrected chi connectivity index (χ2v) is 10.3. The number of anilines is 1. The summed E-state index contributed by atoms with van der Waals surface area (Å²) in [6.45, 7) is 7.52. The quantitative estimate of drug-likeness (QED) is 0.464. The number of nitrogens with one attached hydrogen (secondary N) is 1. The van der Waals surface area contributed by atoms with Crippen molar-refractivity contribution in [2.24, 2.45) is 0 Å². The normalized spacial score (nSPS) is 12.1. The smallest absolute Gasteiger partial charge is 0.264 e. The highest BCUT2D eigenvalue weighted by Gasteiger charge is 2.30. The Morgan fingerprint density at radius 1 is 0.914 bits per heavy atom. The maximum Gasteiger partial charge on any atom is 0.264 e. The number of carbonyl (C=O) groups excluding carboxylic acids is 1. The molecule has 0 fully saturated rings. The maximum absolute atomic E-state index is 13.7. The van der Waals surface area contributed by atoms with Crippen LogP contribution in [-0.4, -0.2) is 35.1 Å². The molecular weight excluding hydrogens is 464 g/mol. The van der Waals surface area contributed by atoms with Crippen molar-refractivity contribution >= 4 is 21.6 Å². The molecule has 186 valence electrons. The molecule has 7 nitrogen and oxygen atoms in total. The van der Waals surface area contributed by atoms with E-state index in [0.717, 1.165) is 21.0 Å². The molecule has 0 bridgehead atoms. The van der Waals surface area contributed by atoms with Crippen LogP contribution in [-0.2, 0) is 14.8 Å². The number of hydrogen-bond acceptors (Lipinski definition) is 5. The van der Waals surface area contributed by atoms with Crippen LogP contribution in [0.1, 0.15) is 35.2 Å². The molecule has 0 aromatic heterocycles. The Balaban J connectivity index is 1.99. The highest BCUT2D eigenvalue weighted by atomic mass is 32.2. The summed E-state index contributed by atoms with van der Waals surface area (Å²) in [7, 11) is -1.16. The molecule has 3 rings (SSSR count). The molecule has 1 N–H and O–H groups in total. The van der Waals surface area contributed by atoms with E-state index in [2.05, 4.69) is 17.4 Å². The van der Waals surface area contributed by atoms with E-state index in [1.807, 2.05) is 27.7 Å². The van der Waals surface area contributed by atoms with Gasteiger partial charge in [-0.1, -0.05) is 30.3 Å². The van der Waals surface area contributed by atoms with Crippen LogP contribution in [0.15, 0.2) is 65.6 Å². The molecule has 0 aliphatic carbocycles. The number of sulfonamides is 1. The minimum atomic E-state index is -4.09. The molecule has 0 spiro atoms.